The van der Waals surface area contributed by atoms with Gasteiger partial charge in [0.1, 0.15) is 5.82 Å². The topological polar surface area (TPSA) is 55.3 Å². The maximum absolute atomic E-state index is 11.7. The number of esters is 1. The molecule has 1 fully saturated rings. The Morgan fingerprint density at radius 3 is 3.22 bits per heavy atom. The Balaban J connectivity index is 2.04. The molecule has 6 heteroatoms. The van der Waals surface area contributed by atoms with Gasteiger partial charge < -0.3 is 9.64 Å². The molecule has 98 valence electrons. The predicted octanol–water partition coefficient (Wildman–Crippen LogP) is 1.91. The second-order valence-electron chi connectivity index (χ2n) is 4.22. The summed E-state index contributed by atoms with van der Waals surface area (Å²) in [6, 6.07) is 1.80. The summed E-state index contributed by atoms with van der Waals surface area (Å²) in [7, 11) is 0. The third kappa shape index (κ3) is 3.10. The molecule has 0 spiro atoms. The molecule has 0 saturated carbocycles. The van der Waals surface area contributed by atoms with Crippen molar-refractivity contribution >= 4 is 23.4 Å². The van der Waals surface area contributed by atoms with Crippen molar-refractivity contribution in [3.63, 3.8) is 0 Å². The van der Waals surface area contributed by atoms with Crippen LogP contribution in [0.4, 0.5) is 5.82 Å². The first kappa shape index (κ1) is 13.1. The first-order valence-corrected chi connectivity index (χ1v) is 6.48. The summed E-state index contributed by atoms with van der Waals surface area (Å²) in [6.45, 7) is 3.76. The summed E-state index contributed by atoms with van der Waals surface area (Å²) in [5.74, 6) is 0.568. The van der Waals surface area contributed by atoms with Crippen molar-refractivity contribution in [2.45, 2.75) is 19.8 Å². The van der Waals surface area contributed by atoms with Gasteiger partial charge in [0.15, 0.2) is 0 Å². The molecule has 1 aromatic rings. The van der Waals surface area contributed by atoms with Crippen LogP contribution >= 0.6 is 11.6 Å². The van der Waals surface area contributed by atoms with Gasteiger partial charge in [0.05, 0.1) is 12.5 Å². The van der Waals surface area contributed by atoms with Crippen LogP contribution in [0.2, 0.25) is 5.28 Å². The van der Waals surface area contributed by atoms with E-state index in [9.17, 15) is 4.79 Å². The van der Waals surface area contributed by atoms with E-state index in [1.165, 1.54) is 0 Å². The Morgan fingerprint density at radius 2 is 2.50 bits per heavy atom. The number of aromatic nitrogens is 2. The number of carbonyl (C=O) groups excluding carboxylic acids is 1. The van der Waals surface area contributed by atoms with E-state index in [1.807, 2.05) is 6.92 Å². The fraction of sp³-hybridized carbons (Fsp3) is 0.583. The van der Waals surface area contributed by atoms with Crippen LogP contribution in [-0.2, 0) is 9.53 Å². The van der Waals surface area contributed by atoms with E-state index in [-0.39, 0.29) is 17.2 Å². The van der Waals surface area contributed by atoms with Gasteiger partial charge in [-0.2, -0.15) is 0 Å². The second-order valence-corrected chi connectivity index (χ2v) is 4.56. The summed E-state index contributed by atoms with van der Waals surface area (Å²) < 4.78 is 5.06. The van der Waals surface area contributed by atoms with E-state index in [0.29, 0.717) is 13.2 Å². The molecule has 1 saturated heterocycles. The molecule has 1 atom stereocenters. The molecule has 18 heavy (non-hydrogen) atoms. The minimum atomic E-state index is -0.123. The van der Waals surface area contributed by atoms with Crippen molar-refractivity contribution in [3.8, 4) is 0 Å². The smallest absolute Gasteiger partial charge is 0.310 e. The largest absolute Gasteiger partial charge is 0.466 e. The highest BCUT2D eigenvalue weighted by atomic mass is 35.5. The maximum Gasteiger partial charge on any atom is 0.310 e. The van der Waals surface area contributed by atoms with Crippen LogP contribution in [0.5, 0.6) is 0 Å². The molecule has 2 heterocycles. The van der Waals surface area contributed by atoms with E-state index < -0.39 is 0 Å². The van der Waals surface area contributed by atoms with Gasteiger partial charge in [-0.3, -0.25) is 4.79 Å². The summed E-state index contributed by atoms with van der Waals surface area (Å²) in [6.07, 6.45) is 3.44. The molecule has 0 aromatic carbocycles. The lowest BCUT2D eigenvalue weighted by Crippen LogP contribution is -2.39. The minimum absolute atomic E-state index is 0.0764. The minimum Gasteiger partial charge on any atom is -0.466 e. The number of hydrogen-bond donors (Lipinski definition) is 0. The molecule has 0 aliphatic carbocycles. The van der Waals surface area contributed by atoms with E-state index >= 15 is 0 Å². The van der Waals surface area contributed by atoms with Gasteiger partial charge in [-0.1, -0.05) is 0 Å². The molecule has 0 N–H and O–H groups in total. The zero-order valence-electron chi connectivity index (χ0n) is 10.3. The van der Waals surface area contributed by atoms with Crippen molar-refractivity contribution in [1.29, 1.82) is 0 Å². The van der Waals surface area contributed by atoms with Crippen molar-refractivity contribution < 1.29 is 9.53 Å². The van der Waals surface area contributed by atoms with Gasteiger partial charge in [0, 0.05) is 19.3 Å². The third-order valence-electron chi connectivity index (χ3n) is 2.98. The highest BCUT2D eigenvalue weighted by Gasteiger charge is 2.27. The molecule has 5 nitrogen and oxygen atoms in total. The zero-order chi connectivity index (χ0) is 13.0. The van der Waals surface area contributed by atoms with E-state index in [0.717, 1.165) is 25.2 Å². The lowest BCUT2D eigenvalue weighted by Gasteiger charge is -2.32. The van der Waals surface area contributed by atoms with E-state index in [4.69, 9.17) is 16.3 Å². The second kappa shape index (κ2) is 6.00. The SMILES string of the molecule is CCOC(=O)[C@@H]1CCCN(c2ccnc(Cl)n2)C1. The molecule has 1 aliphatic heterocycles. The number of halogens is 1. The number of ether oxygens (including phenoxy) is 1. The average Bonchev–Trinajstić information content (AvgIpc) is 2.39. The Kier molecular flexibility index (Phi) is 4.36. The van der Waals surface area contributed by atoms with Crippen LogP contribution in [0.1, 0.15) is 19.8 Å². The molecular weight excluding hydrogens is 254 g/mol. The van der Waals surface area contributed by atoms with Crippen LogP contribution < -0.4 is 4.90 Å². The Morgan fingerprint density at radius 1 is 1.67 bits per heavy atom. The number of hydrogen-bond acceptors (Lipinski definition) is 5. The van der Waals surface area contributed by atoms with Crippen LogP contribution in [0.15, 0.2) is 12.3 Å². The summed E-state index contributed by atoms with van der Waals surface area (Å²) >= 11 is 5.77. The van der Waals surface area contributed by atoms with Crippen LogP contribution in [-0.4, -0.2) is 35.6 Å². The fourth-order valence-corrected chi connectivity index (χ4v) is 2.28. The van der Waals surface area contributed by atoms with E-state index in [2.05, 4.69) is 14.9 Å². The van der Waals surface area contributed by atoms with Gasteiger partial charge >= 0.3 is 5.97 Å². The molecular formula is C12H16ClN3O2. The van der Waals surface area contributed by atoms with Gasteiger partial charge in [0.2, 0.25) is 5.28 Å². The quantitative estimate of drug-likeness (QED) is 0.620. The van der Waals surface area contributed by atoms with Gasteiger partial charge in [0.25, 0.3) is 0 Å². The monoisotopic (exact) mass is 269 g/mol. The highest BCUT2D eigenvalue weighted by molar-refractivity contribution is 6.28. The number of piperidine rings is 1. The molecule has 0 bridgehead atoms. The standard InChI is InChI=1S/C12H16ClN3O2/c1-2-18-11(17)9-4-3-7-16(8-9)10-5-6-14-12(13)15-10/h5-6,9H,2-4,7-8H2,1H3/t9-/m1/s1. The predicted molar refractivity (Wildman–Crippen MR) is 68.6 cm³/mol. The van der Waals surface area contributed by atoms with Crippen LogP contribution in [0.25, 0.3) is 0 Å². The Hall–Kier alpha value is -1.36. The first-order chi connectivity index (χ1) is 8.70. The molecule has 1 aliphatic rings. The highest BCUT2D eigenvalue weighted by Crippen LogP contribution is 2.22. The van der Waals surface area contributed by atoms with Crippen LogP contribution in [0.3, 0.4) is 0 Å². The molecule has 0 amide bonds. The Bertz CT molecular complexity index is 428. The first-order valence-electron chi connectivity index (χ1n) is 6.11. The normalized spacial score (nSPS) is 19.7. The number of carbonyl (C=O) groups is 1. The lowest BCUT2D eigenvalue weighted by molar-refractivity contribution is -0.148. The van der Waals surface area contributed by atoms with Crippen molar-refractivity contribution in [1.82, 2.24) is 9.97 Å². The van der Waals surface area contributed by atoms with Gasteiger partial charge in [-0.05, 0) is 37.4 Å². The fourth-order valence-electron chi connectivity index (χ4n) is 2.14. The van der Waals surface area contributed by atoms with Gasteiger partial charge in [-0.25, -0.2) is 9.97 Å². The number of anilines is 1. The summed E-state index contributed by atoms with van der Waals surface area (Å²) in [5.41, 5.74) is 0. The third-order valence-corrected chi connectivity index (χ3v) is 3.16. The molecule has 1 aromatic heterocycles. The van der Waals surface area contributed by atoms with E-state index in [1.54, 1.807) is 12.3 Å². The summed E-state index contributed by atoms with van der Waals surface area (Å²) in [4.78, 5) is 21.8. The number of nitrogens with zero attached hydrogens (tertiary/aromatic N) is 3. The van der Waals surface area contributed by atoms with Crippen LogP contribution in [0, 0.1) is 5.92 Å². The lowest BCUT2D eigenvalue weighted by atomic mass is 9.98. The average molecular weight is 270 g/mol. The molecule has 0 radical (unpaired) electrons. The zero-order valence-corrected chi connectivity index (χ0v) is 11.1. The van der Waals surface area contributed by atoms with Crippen molar-refractivity contribution in [2.24, 2.45) is 5.92 Å². The van der Waals surface area contributed by atoms with Gasteiger partial charge in [-0.15, -0.1) is 0 Å². The number of rotatable bonds is 3. The summed E-state index contributed by atoms with van der Waals surface area (Å²) in [5, 5.41) is 0.228. The maximum atomic E-state index is 11.7. The molecule has 2 rings (SSSR count). The van der Waals surface area contributed by atoms with Crippen molar-refractivity contribution in [3.05, 3.63) is 17.5 Å². The molecule has 0 unspecified atom stereocenters. The van der Waals surface area contributed by atoms with Crippen molar-refractivity contribution in [2.75, 3.05) is 24.6 Å². The Labute approximate surface area is 111 Å².